The van der Waals surface area contributed by atoms with Gasteiger partial charge in [0, 0.05) is 11.8 Å². The molecule has 2 rings (SSSR count). The summed E-state index contributed by atoms with van der Waals surface area (Å²) in [7, 11) is 0. The third-order valence-corrected chi connectivity index (χ3v) is 3.31. The van der Waals surface area contributed by atoms with Gasteiger partial charge in [0.15, 0.2) is 10.4 Å². The molecule has 5 heteroatoms. The summed E-state index contributed by atoms with van der Waals surface area (Å²) in [6, 6.07) is 3.78. The van der Waals surface area contributed by atoms with Gasteiger partial charge < -0.3 is 10.2 Å². The highest BCUT2D eigenvalue weighted by atomic mass is 79.9. The van der Waals surface area contributed by atoms with Gasteiger partial charge in [-0.15, -0.1) is 11.3 Å². The van der Waals surface area contributed by atoms with E-state index < -0.39 is 0 Å². The van der Waals surface area contributed by atoms with Crippen LogP contribution in [0, 0.1) is 0 Å². The van der Waals surface area contributed by atoms with Crippen LogP contribution in [0.1, 0.15) is 11.4 Å². The summed E-state index contributed by atoms with van der Waals surface area (Å²) < 4.78 is 6.15. The first kappa shape index (κ1) is 10.9. The van der Waals surface area contributed by atoms with Crippen molar-refractivity contribution in [1.29, 1.82) is 0 Å². The zero-order valence-corrected chi connectivity index (χ0v) is 10.5. The van der Waals surface area contributed by atoms with Crippen molar-refractivity contribution < 1.29 is 4.42 Å². The predicted molar refractivity (Wildman–Crippen MR) is 64.9 cm³/mol. The van der Waals surface area contributed by atoms with Gasteiger partial charge in [0.2, 0.25) is 0 Å². The SMILES string of the molecule is NCCCc1nc(-c2ccc(Br)o2)cs1. The summed E-state index contributed by atoms with van der Waals surface area (Å²) in [5.74, 6) is 0.803. The summed E-state index contributed by atoms with van der Waals surface area (Å²) in [5.41, 5.74) is 6.35. The molecule has 0 saturated heterocycles. The summed E-state index contributed by atoms with van der Waals surface area (Å²) in [4.78, 5) is 4.48. The summed E-state index contributed by atoms with van der Waals surface area (Å²) in [6.07, 6.45) is 1.93. The van der Waals surface area contributed by atoms with Crippen LogP contribution < -0.4 is 5.73 Å². The largest absolute Gasteiger partial charge is 0.448 e. The molecule has 0 bridgehead atoms. The predicted octanol–water partition coefficient (Wildman–Crippen LogP) is 3.06. The first-order valence-electron chi connectivity index (χ1n) is 4.70. The molecule has 0 amide bonds. The normalized spacial score (nSPS) is 10.8. The Morgan fingerprint density at radius 3 is 3.00 bits per heavy atom. The van der Waals surface area contributed by atoms with Crippen LogP contribution in [0.25, 0.3) is 11.5 Å². The highest BCUT2D eigenvalue weighted by molar-refractivity contribution is 9.10. The summed E-state index contributed by atoms with van der Waals surface area (Å²) >= 11 is 4.92. The molecule has 0 radical (unpaired) electrons. The lowest BCUT2D eigenvalue weighted by Gasteiger charge is -1.91. The molecule has 2 aromatic heterocycles. The van der Waals surface area contributed by atoms with Crippen molar-refractivity contribution in [3.05, 3.63) is 27.2 Å². The molecule has 15 heavy (non-hydrogen) atoms. The Labute approximate surface area is 100 Å². The number of hydrogen-bond acceptors (Lipinski definition) is 4. The van der Waals surface area contributed by atoms with Gasteiger partial charge in [0.25, 0.3) is 0 Å². The molecule has 0 aliphatic heterocycles. The van der Waals surface area contributed by atoms with E-state index in [4.69, 9.17) is 10.2 Å². The van der Waals surface area contributed by atoms with E-state index in [0.29, 0.717) is 6.54 Å². The Morgan fingerprint density at radius 1 is 1.47 bits per heavy atom. The first-order chi connectivity index (χ1) is 7.29. The number of halogens is 1. The van der Waals surface area contributed by atoms with Gasteiger partial charge in [0.1, 0.15) is 5.69 Å². The van der Waals surface area contributed by atoms with E-state index in [1.54, 1.807) is 11.3 Å². The fraction of sp³-hybridized carbons (Fsp3) is 0.300. The third-order valence-electron chi connectivity index (χ3n) is 1.97. The Balaban J connectivity index is 2.13. The van der Waals surface area contributed by atoms with Gasteiger partial charge in [-0.2, -0.15) is 0 Å². The second-order valence-electron chi connectivity index (χ2n) is 3.12. The maximum absolute atomic E-state index is 5.45. The fourth-order valence-electron chi connectivity index (χ4n) is 1.24. The lowest BCUT2D eigenvalue weighted by Crippen LogP contribution is -1.99. The average molecular weight is 287 g/mol. The molecule has 0 saturated carbocycles. The molecule has 0 aliphatic rings. The molecule has 0 atom stereocenters. The molecular formula is C10H11BrN2OS. The van der Waals surface area contributed by atoms with Gasteiger partial charge in [-0.05, 0) is 41.0 Å². The summed E-state index contributed by atoms with van der Waals surface area (Å²) in [6.45, 7) is 0.710. The zero-order valence-electron chi connectivity index (χ0n) is 8.07. The van der Waals surface area contributed by atoms with Crippen LogP contribution in [0.4, 0.5) is 0 Å². The van der Waals surface area contributed by atoms with Gasteiger partial charge in [-0.3, -0.25) is 0 Å². The Bertz CT molecular complexity index is 438. The molecule has 2 aromatic rings. The minimum Gasteiger partial charge on any atom is -0.448 e. The maximum atomic E-state index is 5.45. The average Bonchev–Trinajstić information content (AvgIpc) is 2.83. The molecule has 0 unspecified atom stereocenters. The highest BCUT2D eigenvalue weighted by Crippen LogP contribution is 2.26. The van der Waals surface area contributed by atoms with E-state index in [9.17, 15) is 0 Å². The van der Waals surface area contributed by atoms with Crippen LogP contribution >= 0.6 is 27.3 Å². The number of nitrogens with two attached hydrogens (primary N) is 1. The molecule has 2 heterocycles. The molecule has 80 valence electrons. The maximum Gasteiger partial charge on any atom is 0.169 e. The van der Waals surface area contributed by atoms with Crippen molar-refractivity contribution in [3.8, 4) is 11.5 Å². The Morgan fingerprint density at radius 2 is 2.33 bits per heavy atom. The molecule has 0 aromatic carbocycles. The monoisotopic (exact) mass is 286 g/mol. The standard InChI is InChI=1S/C10H11BrN2OS/c11-9-4-3-8(14-9)7-6-15-10(13-7)2-1-5-12/h3-4,6H,1-2,5,12H2. The quantitative estimate of drug-likeness (QED) is 0.940. The number of aryl methyl sites for hydroxylation is 1. The molecule has 0 fully saturated rings. The highest BCUT2D eigenvalue weighted by Gasteiger charge is 2.07. The number of furan rings is 1. The van der Waals surface area contributed by atoms with E-state index in [1.807, 2.05) is 17.5 Å². The smallest absolute Gasteiger partial charge is 0.169 e. The van der Waals surface area contributed by atoms with Crippen molar-refractivity contribution in [3.63, 3.8) is 0 Å². The van der Waals surface area contributed by atoms with Crippen molar-refractivity contribution in [2.24, 2.45) is 5.73 Å². The van der Waals surface area contributed by atoms with Gasteiger partial charge in [-0.1, -0.05) is 0 Å². The lowest BCUT2D eigenvalue weighted by atomic mass is 10.3. The molecule has 3 nitrogen and oxygen atoms in total. The molecular weight excluding hydrogens is 276 g/mol. The van der Waals surface area contributed by atoms with Crippen LogP contribution in [-0.2, 0) is 6.42 Å². The van der Waals surface area contributed by atoms with Gasteiger partial charge in [-0.25, -0.2) is 4.98 Å². The Kier molecular flexibility index (Phi) is 3.56. The number of thiazole rings is 1. The van der Waals surface area contributed by atoms with Crippen molar-refractivity contribution in [2.75, 3.05) is 6.54 Å². The minimum absolute atomic E-state index is 0.710. The second-order valence-corrected chi connectivity index (χ2v) is 4.85. The van der Waals surface area contributed by atoms with E-state index in [1.165, 1.54) is 0 Å². The fourth-order valence-corrected chi connectivity index (χ4v) is 2.38. The molecule has 0 spiro atoms. The number of rotatable bonds is 4. The second kappa shape index (κ2) is 4.92. The van der Waals surface area contributed by atoms with Gasteiger partial charge in [0.05, 0.1) is 5.01 Å². The van der Waals surface area contributed by atoms with E-state index >= 15 is 0 Å². The van der Waals surface area contributed by atoms with Crippen LogP contribution in [-0.4, -0.2) is 11.5 Å². The van der Waals surface area contributed by atoms with Crippen molar-refractivity contribution in [1.82, 2.24) is 4.98 Å². The molecule has 0 aliphatic carbocycles. The van der Waals surface area contributed by atoms with Crippen molar-refractivity contribution in [2.45, 2.75) is 12.8 Å². The van der Waals surface area contributed by atoms with Crippen LogP contribution in [0.3, 0.4) is 0 Å². The van der Waals surface area contributed by atoms with E-state index in [0.717, 1.165) is 34.0 Å². The van der Waals surface area contributed by atoms with E-state index in [-0.39, 0.29) is 0 Å². The molecule has 2 N–H and O–H groups in total. The zero-order chi connectivity index (χ0) is 10.7. The van der Waals surface area contributed by atoms with E-state index in [2.05, 4.69) is 20.9 Å². The number of aromatic nitrogens is 1. The third kappa shape index (κ3) is 2.68. The Hall–Kier alpha value is -0.650. The van der Waals surface area contributed by atoms with Crippen molar-refractivity contribution >= 4 is 27.3 Å². The minimum atomic E-state index is 0.710. The van der Waals surface area contributed by atoms with Crippen LogP contribution in [0.2, 0.25) is 0 Å². The summed E-state index contributed by atoms with van der Waals surface area (Å²) in [5, 5.41) is 3.12. The first-order valence-corrected chi connectivity index (χ1v) is 6.37. The number of hydrogen-bond donors (Lipinski definition) is 1. The van der Waals surface area contributed by atoms with Crippen LogP contribution in [0.5, 0.6) is 0 Å². The lowest BCUT2D eigenvalue weighted by molar-refractivity contribution is 0.554. The van der Waals surface area contributed by atoms with Gasteiger partial charge >= 0.3 is 0 Å². The topological polar surface area (TPSA) is 52.0 Å². The number of nitrogens with zero attached hydrogens (tertiary/aromatic N) is 1. The van der Waals surface area contributed by atoms with Crippen LogP contribution in [0.15, 0.2) is 26.6 Å².